The smallest absolute Gasteiger partial charge is 0.0233 e. The summed E-state index contributed by atoms with van der Waals surface area (Å²) in [5.74, 6) is 0.102. The van der Waals surface area contributed by atoms with Crippen molar-refractivity contribution in [2.45, 2.75) is 20.2 Å². The number of hydrogen-bond acceptors (Lipinski definition) is 0. The number of hydrogen-bond donors (Lipinski definition) is 0. The van der Waals surface area contributed by atoms with E-state index in [0.29, 0.717) is 6.90 Å². The van der Waals surface area contributed by atoms with Crippen molar-refractivity contribution < 1.29 is 1.37 Å². The van der Waals surface area contributed by atoms with E-state index in [0.717, 1.165) is 6.42 Å². The van der Waals surface area contributed by atoms with Crippen molar-refractivity contribution >= 4 is 0 Å². The van der Waals surface area contributed by atoms with Gasteiger partial charge in [0, 0.05) is 1.37 Å². The summed E-state index contributed by atoms with van der Waals surface area (Å²) in [7, 11) is 0. The van der Waals surface area contributed by atoms with Crippen LogP contribution in [0.1, 0.15) is 21.6 Å². The Morgan fingerprint density at radius 1 is 2.20 bits per heavy atom. The first-order valence-electron chi connectivity index (χ1n) is 2.56. The fourth-order valence-corrected chi connectivity index (χ4v) is 0. The molecule has 0 nitrogen and oxygen atoms in total. The predicted molar refractivity (Wildman–Crippen MR) is 23.8 cm³/mol. The van der Waals surface area contributed by atoms with Crippen molar-refractivity contribution in [2.75, 3.05) is 0 Å². The van der Waals surface area contributed by atoms with E-state index in [2.05, 4.69) is 0 Å². The zero-order chi connectivity index (χ0) is 4.99. The molecule has 0 N–H and O–H groups in total. The van der Waals surface area contributed by atoms with Crippen molar-refractivity contribution in [3.05, 3.63) is 6.92 Å². The molecule has 0 fully saturated rings. The summed E-state index contributed by atoms with van der Waals surface area (Å²) in [6, 6.07) is 0. The van der Waals surface area contributed by atoms with Crippen molar-refractivity contribution in [3.8, 4) is 0 Å². The topological polar surface area (TPSA) is 0 Å². The third-order valence-electron chi connectivity index (χ3n) is 0.524. The summed E-state index contributed by atoms with van der Waals surface area (Å²) in [5, 5.41) is 0. The van der Waals surface area contributed by atoms with Gasteiger partial charge in [-0.3, -0.25) is 0 Å². The molecule has 0 aromatic carbocycles. The van der Waals surface area contributed by atoms with Crippen molar-refractivity contribution in [1.82, 2.24) is 0 Å². The van der Waals surface area contributed by atoms with Gasteiger partial charge < -0.3 is 0 Å². The Balaban J connectivity index is 2.75. The Bertz CT molecular complexity index is 23.1. The van der Waals surface area contributed by atoms with E-state index in [-0.39, 0.29) is 5.92 Å². The molecular formula is C5H10. The maximum absolute atomic E-state index is 6.68. The molecule has 0 amide bonds. The first kappa shape index (κ1) is 3.20. The molecule has 0 heterocycles. The minimum atomic E-state index is 0.102. The van der Waals surface area contributed by atoms with Gasteiger partial charge in [-0.2, -0.15) is 0 Å². The molecule has 0 aromatic rings. The molecule has 0 bridgehead atoms. The van der Waals surface area contributed by atoms with Gasteiger partial charge in [-0.15, -0.1) is 0 Å². The van der Waals surface area contributed by atoms with Crippen LogP contribution in [-0.2, 0) is 0 Å². The summed E-state index contributed by atoms with van der Waals surface area (Å²) in [6.07, 6.45) is 0.920. The van der Waals surface area contributed by atoms with E-state index in [1.807, 2.05) is 6.92 Å². The molecule has 0 aliphatic heterocycles. The monoisotopic (exact) mass is 71.1 g/mol. The molecule has 0 spiro atoms. The lowest BCUT2D eigenvalue weighted by molar-refractivity contribution is 0.694. The summed E-state index contributed by atoms with van der Waals surface area (Å²) in [5.41, 5.74) is 0. The molecule has 1 unspecified atom stereocenters. The Hall–Kier alpha value is 0. The van der Waals surface area contributed by atoms with E-state index >= 15 is 0 Å². The van der Waals surface area contributed by atoms with Gasteiger partial charge in [-0.25, -0.2) is 0 Å². The zero-order valence-corrected chi connectivity index (χ0v) is 3.57. The van der Waals surface area contributed by atoms with Crippen LogP contribution >= 0.6 is 0 Å². The largest absolute Gasteiger partial charge is 0.0651 e. The Labute approximate surface area is 35.6 Å². The van der Waals surface area contributed by atoms with Crippen LogP contribution in [0.15, 0.2) is 0 Å². The maximum atomic E-state index is 6.68. The van der Waals surface area contributed by atoms with Crippen molar-refractivity contribution in [3.63, 3.8) is 0 Å². The predicted octanol–water partition coefficient (Wildman–Crippen LogP) is 1.74. The molecule has 1 atom stereocenters. The van der Waals surface area contributed by atoms with Gasteiger partial charge in [0.05, 0.1) is 0 Å². The van der Waals surface area contributed by atoms with Crippen molar-refractivity contribution in [2.24, 2.45) is 5.92 Å². The lowest BCUT2D eigenvalue weighted by atomic mass is 10.2. The van der Waals surface area contributed by atoms with Gasteiger partial charge in [-0.1, -0.05) is 20.2 Å². The van der Waals surface area contributed by atoms with Crippen LogP contribution in [0, 0.1) is 12.8 Å². The Morgan fingerprint density at radius 3 is 2.80 bits per heavy atom. The molecule has 0 aliphatic rings. The molecule has 0 heteroatoms. The molecule has 2 radical (unpaired) electrons. The summed E-state index contributed by atoms with van der Waals surface area (Å²) < 4.78 is 6.68. The maximum Gasteiger partial charge on any atom is 0.0233 e. The summed E-state index contributed by atoms with van der Waals surface area (Å²) in [4.78, 5) is 0. The zero-order valence-electron chi connectivity index (χ0n) is 4.57. The quantitative estimate of drug-likeness (QED) is 0.441. The van der Waals surface area contributed by atoms with Gasteiger partial charge >= 0.3 is 0 Å². The average Bonchev–Trinajstić information content (AvgIpc) is 1.65. The van der Waals surface area contributed by atoms with Gasteiger partial charge in [-0.05, 0) is 12.8 Å². The van der Waals surface area contributed by atoms with Crippen LogP contribution in [0.5, 0.6) is 0 Å². The van der Waals surface area contributed by atoms with E-state index in [1.165, 1.54) is 0 Å². The standard InChI is InChI=1S/C5H10/c1-4-5(2)3/h2,5H,4H2,1,3H3/i3D. The molecule has 0 saturated carbocycles. The highest BCUT2D eigenvalue weighted by atomic mass is 13.9. The van der Waals surface area contributed by atoms with Crippen molar-refractivity contribution in [1.29, 1.82) is 0 Å². The van der Waals surface area contributed by atoms with Gasteiger partial charge in [0.25, 0.3) is 0 Å². The highest BCUT2D eigenvalue weighted by Crippen LogP contribution is 1.93. The van der Waals surface area contributed by atoms with Crippen LogP contribution in [0.25, 0.3) is 0 Å². The normalized spacial score (nSPS) is 17.6. The van der Waals surface area contributed by atoms with Crippen LogP contribution in [-0.4, -0.2) is 0 Å². The molecule has 30 valence electrons. The first-order valence-corrected chi connectivity index (χ1v) is 1.86. The number of rotatable bonds is 1. The summed E-state index contributed by atoms with van der Waals surface area (Å²) in [6.45, 7) is 7.63. The van der Waals surface area contributed by atoms with Crippen LogP contribution < -0.4 is 0 Å². The molecule has 0 aromatic heterocycles. The van der Waals surface area contributed by atoms with Gasteiger partial charge in [0.15, 0.2) is 0 Å². The second kappa shape index (κ2) is 2.25. The fraction of sp³-hybridized carbons (Fsp3) is 0.800. The molecular weight excluding hydrogens is 60.1 g/mol. The first-order chi connectivity index (χ1) is 2.81. The van der Waals surface area contributed by atoms with Gasteiger partial charge in [0.1, 0.15) is 0 Å². The Kier molecular flexibility index (Phi) is 1.44. The fourth-order valence-electron chi connectivity index (χ4n) is 0. The minimum absolute atomic E-state index is 0.102. The van der Waals surface area contributed by atoms with Crippen LogP contribution in [0.3, 0.4) is 0 Å². The molecule has 0 aliphatic carbocycles. The summed E-state index contributed by atoms with van der Waals surface area (Å²) >= 11 is 0. The highest BCUT2D eigenvalue weighted by Gasteiger charge is 1.80. The Morgan fingerprint density at radius 2 is 2.80 bits per heavy atom. The molecule has 0 saturated heterocycles. The molecule has 5 heavy (non-hydrogen) atoms. The lowest BCUT2D eigenvalue weighted by Crippen LogP contribution is -1.77. The average molecular weight is 71.1 g/mol. The van der Waals surface area contributed by atoms with E-state index in [4.69, 9.17) is 8.29 Å². The van der Waals surface area contributed by atoms with E-state index in [1.54, 1.807) is 0 Å². The second-order valence-electron chi connectivity index (χ2n) is 1.17. The van der Waals surface area contributed by atoms with Crippen LogP contribution in [0.2, 0.25) is 0 Å². The van der Waals surface area contributed by atoms with E-state index in [9.17, 15) is 0 Å². The second-order valence-corrected chi connectivity index (χ2v) is 1.17. The van der Waals surface area contributed by atoms with E-state index < -0.39 is 0 Å². The van der Waals surface area contributed by atoms with Gasteiger partial charge in [0.2, 0.25) is 0 Å². The van der Waals surface area contributed by atoms with Crippen LogP contribution in [0.4, 0.5) is 0 Å². The SMILES string of the molecule is [2H]CC([CH])CC. The minimum Gasteiger partial charge on any atom is -0.0651 e. The highest BCUT2D eigenvalue weighted by molar-refractivity contribution is 4.46. The third kappa shape index (κ3) is 4.00. The lowest BCUT2D eigenvalue weighted by Gasteiger charge is -1.89. The molecule has 0 rings (SSSR count). The third-order valence-corrected chi connectivity index (χ3v) is 0.524.